The van der Waals surface area contributed by atoms with E-state index < -0.39 is 12.1 Å². The lowest BCUT2D eigenvalue weighted by Crippen LogP contribution is -2.39. The second-order valence-electron chi connectivity index (χ2n) is 10.0. The normalized spacial score (nSPS) is 18.0. The van der Waals surface area contributed by atoms with Crippen LogP contribution in [0.15, 0.2) is 36.4 Å². The smallest absolute Gasteiger partial charge is 0.303 e. The first-order valence-electron chi connectivity index (χ1n) is 12.8. The predicted octanol–water partition coefficient (Wildman–Crippen LogP) is 5.39. The molecule has 6 heteroatoms. The Morgan fingerprint density at radius 2 is 2.00 bits per heavy atom. The number of likely N-dealkylation sites (tertiary alicyclic amines) is 1. The lowest BCUT2D eigenvalue weighted by Gasteiger charge is -2.28. The van der Waals surface area contributed by atoms with Gasteiger partial charge in [-0.2, -0.15) is 0 Å². The molecule has 0 radical (unpaired) electrons. The molecule has 35 heavy (non-hydrogen) atoms. The minimum Gasteiger partial charge on any atom is -0.481 e. The first-order valence-corrected chi connectivity index (χ1v) is 12.8. The number of carboxylic acids is 1. The van der Waals surface area contributed by atoms with E-state index in [0.717, 1.165) is 55.3 Å². The van der Waals surface area contributed by atoms with E-state index in [1.807, 2.05) is 26.0 Å². The number of aryl methyl sites for hydroxylation is 3. The van der Waals surface area contributed by atoms with Gasteiger partial charge in [-0.1, -0.05) is 35.9 Å². The van der Waals surface area contributed by atoms with Crippen LogP contribution >= 0.6 is 0 Å². The molecule has 0 spiro atoms. The maximum atomic E-state index is 14.0. The van der Waals surface area contributed by atoms with Gasteiger partial charge in [-0.05, 0) is 94.2 Å². The van der Waals surface area contributed by atoms with Crippen molar-refractivity contribution in [2.45, 2.75) is 84.0 Å². The van der Waals surface area contributed by atoms with Crippen molar-refractivity contribution in [1.82, 2.24) is 4.90 Å². The van der Waals surface area contributed by atoms with E-state index in [9.17, 15) is 14.3 Å². The third-order valence-corrected chi connectivity index (χ3v) is 7.02. The molecule has 0 unspecified atom stereocenters. The Morgan fingerprint density at radius 1 is 1.20 bits per heavy atom. The molecule has 1 aliphatic rings. The van der Waals surface area contributed by atoms with Crippen LogP contribution in [-0.4, -0.2) is 52.9 Å². The number of nitrogens with zero attached hydrogens (tertiary/aromatic N) is 1. The summed E-state index contributed by atoms with van der Waals surface area (Å²) >= 11 is 0. The van der Waals surface area contributed by atoms with Gasteiger partial charge >= 0.3 is 5.97 Å². The van der Waals surface area contributed by atoms with Crippen LogP contribution in [0.1, 0.15) is 72.9 Å². The van der Waals surface area contributed by atoms with Gasteiger partial charge in [0, 0.05) is 19.0 Å². The molecule has 192 valence electrons. The number of aliphatic hydroxyl groups is 1. The molecular weight excluding hydrogens is 445 g/mol. The van der Waals surface area contributed by atoms with E-state index in [1.54, 1.807) is 13.0 Å². The van der Waals surface area contributed by atoms with Gasteiger partial charge in [-0.15, -0.1) is 0 Å². The van der Waals surface area contributed by atoms with Crippen molar-refractivity contribution in [1.29, 1.82) is 0 Å². The maximum Gasteiger partial charge on any atom is 0.303 e. The number of hydrogen-bond donors (Lipinski definition) is 2. The highest BCUT2D eigenvalue weighted by molar-refractivity contribution is 5.66. The summed E-state index contributed by atoms with van der Waals surface area (Å²) in [6.45, 7) is 7.55. The second-order valence-corrected chi connectivity index (χ2v) is 10.0. The number of carbonyl (C=O) groups is 1. The van der Waals surface area contributed by atoms with E-state index in [-0.39, 0.29) is 24.9 Å². The Morgan fingerprint density at radius 3 is 2.74 bits per heavy atom. The third kappa shape index (κ3) is 8.41. The summed E-state index contributed by atoms with van der Waals surface area (Å²) in [4.78, 5) is 13.1. The number of ether oxygens (including phenoxy) is 1. The molecule has 0 amide bonds. The summed E-state index contributed by atoms with van der Waals surface area (Å²) in [5, 5.41) is 19.6. The minimum absolute atomic E-state index is 0.160. The third-order valence-electron chi connectivity index (χ3n) is 7.02. The van der Waals surface area contributed by atoms with Crippen molar-refractivity contribution >= 4 is 5.97 Å². The van der Waals surface area contributed by atoms with E-state index in [1.165, 1.54) is 5.56 Å². The van der Waals surface area contributed by atoms with Crippen LogP contribution in [0.4, 0.5) is 4.39 Å². The molecule has 0 aromatic heterocycles. The number of benzene rings is 2. The van der Waals surface area contributed by atoms with Crippen molar-refractivity contribution in [3.8, 4) is 0 Å². The molecule has 1 aliphatic heterocycles. The molecule has 0 bridgehead atoms. The zero-order valence-corrected chi connectivity index (χ0v) is 21.3. The Balaban J connectivity index is 1.51. The monoisotopic (exact) mass is 485 g/mol. The summed E-state index contributed by atoms with van der Waals surface area (Å²) in [6.07, 6.45) is 4.63. The predicted molar refractivity (Wildman–Crippen MR) is 136 cm³/mol. The van der Waals surface area contributed by atoms with Crippen LogP contribution in [0.25, 0.3) is 0 Å². The summed E-state index contributed by atoms with van der Waals surface area (Å²) < 4.78 is 20.1. The number of rotatable bonds is 13. The highest BCUT2D eigenvalue weighted by Crippen LogP contribution is 2.26. The van der Waals surface area contributed by atoms with Crippen molar-refractivity contribution in [2.24, 2.45) is 0 Å². The van der Waals surface area contributed by atoms with Crippen molar-refractivity contribution in [2.75, 3.05) is 19.7 Å². The topological polar surface area (TPSA) is 70.0 Å². The largest absolute Gasteiger partial charge is 0.481 e. The highest BCUT2D eigenvalue weighted by atomic mass is 19.1. The van der Waals surface area contributed by atoms with Crippen LogP contribution in [0.3, 0.4) is 0 Å². The molecule has 1 heterocycles. The van der Waals surface area contributed by atoms with Crippen molar-refractivity contribution < 1.29 is 24.1 Å². The Labute approximate surface area is 208 Å². The van der Waals surface area contributed by atoms with Gasteiger partial charge < -0.3 is 14.9 Å². The molecule has 3 rings (SSSR count). The molecule has 3 atom stereocenters. The number of aliphatic carboxylic acids is 1. The fourth-order valence-corrected chi connectivity index (χ4v) is 4.98. The van der Waals surface area contributed by atoms with E-state index in [4.69, 9.17) is 9.84 Å². The number of hydrogen-bond acceptors (Lipinski definition) is 4. The number of unbranched alkanes of at least 4 members (excludes halogenated alkanes) is 1. The van der Waals surface area contributed by atoms with Gasteiger partial charge in [0.2, 0.25) is 0 Å². The fraction of sp³-hybridized carbons (Fsp3) is 0.552. The lowest BCUT2D eigenvalue weighted by molar-refractivity contribution is -0.137. The second kappa shape index (κ2) is 13.1. The van der Waals surface area contributed by atoms with Crippen molar-refractivity contribution in [3.63, 3.8) is 0 Å². The molecule has 5 nitrogen and oxygen atoms in total. The number of carboxylic acid groups (broad SMARTS) is 1. The minimum atomic E-state index is -0.758. The van der Waals surface area contributed by atoms with Gasteiger partial charge in [0.25, 0.3) is 0 Å². The molecule has 1 saturated heterocycles. The quantitative estimate of drug-likeness (QED) is 0.373. The molecule has 2 N–H and O–H groups in total. The van der Waals surface area contributed by atoms with Crippen LogP contribution in [-0.2, 0) is 22.4 Å². The SMILES string of the molecule is Cc1ccc(CCCCC(=O)O)c([C@@H](C)OC[C@H](O)CN2CCC[C@H]2Cc2ccc(C)c(F)c2)c1. The Kier molecular flexibility index (Phi) is 10.3. The standard InChI is InChI=1S/C29H40FNO4/c1-20-10-13-24(7-4-5-9-29(33)34)27(15-20)22(3)35-19-26(32)18-31-14-6-8-25(31)16-23-12-11-21(2)28(30)17-23/h10-13,15,17,22,25-26,32H,4-9,14,16,18-19H2,1-3H3,(H,33,34)/t22-,25+,26-/m1/s1. The van der Waals surface area contributed by atoms with Gasteiger partial charge in [-0.3, -0.25) is 9.69 Å². The highest BCUT2D eigenvalue weighted by Gasteiger charge is 2.27. The molecule has 0 aliphatic carbocycles. The molecule has 0 saturated carbocycles. The van der Waals surface area contributed by atoms with E-state index >= 15 is 0 Å². The van der Waals surface area contributed by atoms with Crippen LogP contribution in [0.2, 0.25) is 0 Å². The van der Waals surface area contributed by atoms with Crippen LogP contribution < -0.4 is 0 Å². The van der Waals surface area contributed by atoms with Gasteiger partial charge in [0.15, 0.2) is 0 Å². The van der Waals surface area contributed by atoms with Gasteiger partial charge in [0.1, 0.15) is 5.82 Å². The number of halogens is 1. The van der Waals surface area contributed by atoms with Crippen LogP contribution in [0, 0.1) is 19.7 Å². The van der Waals surface area contributed by atoms with Gasteiger partial charge in [0.05, 0.1) is 18.8 Å². The van der Waals surface area contributed by atoms with Crippen LogP contribution in [0.5, 0.6) is 0 Å². The average Bonchev–Trinajstić information content (AvgIpc) is 3.24. The summed E-state index contributed by atoms with van der Waals surface area (Å²) in [6, 6.07) is 12.1. The first-order chi connectivity index (χ1) is 16.7. The summed E-state index contributed by atoms with van der Waals surface area (Å²) in [5.41, 5.74) is 5.09. The Bertz CT molecular complexity index is 979. The van der Waals surface area contributed by atoms with Crippen molar-refractivity contribution in [3.05, 3.63) is 70.0 Å². The average molecular weight is 486 g/mol. The van der Waals surface area contributed by atoms with Gasteiger partial charge in [-0.25, -0.2) is 4.39 Å². The fourth-order valence-electron chi connectivity index (χ4n) is 4.98. The molecular formula is C29H40FNO4. The summed E-state index contributed by atoms with van der Waals surface area (Å²) in [7, 11) is 0. The first kappa shape index (κ1) is 27.3. The zero-order valence-electron chi connectivity index (χ0n) is 21.3. The number of β-amino-alcohol motifs (C(OH)–C–C–N with tert-alkyl or cyclic N) is 1. The van der Waals surface area contributed by atoms with E-state index in [2.05, 4.69) is 23.1 Å². The Hall–Kier alpha value is -2.28. The molecule has 2 aromatic carbocycles. The number of aliphatic hydroxyl groups excluding tert-OH is 1. The molecule has 2 aromatic rings. The summed E-state index contributed by atoms with van der Waals surface area (Å²) in [5.74, 6) is -0.919. The lowest BCUT2D eigenvalue weighted by atomic mass is 9.96. The zero-order chi connectivity index (χ0) is 25.4. The molecule has 1 fully saturated rings. The maximum absolute atomic E-state index is 14.0. The van der Waals surface area contributed by atoms with E-state index in [0.29, 0.717) is 24.6 Å².